The first-order chi connectivity index (χ1) is 6.66. The van der Waals surface area contributed by atoms with Gasteiger partial charge >= 0.3 is 0 Å². The molecule has 2 rings (SSSR count). The zero-order valence-corrected chi connectivity index (χ0v) is 9.40. The molecule has 0 saturated heterocycles. The van der Waals surface area contributed by atoms with Gasteiger partial charge in [0.15, 0.2) is 0 Å². The number of nitrogens with two attached hydrogens (primary N) is 1. The van der Waals surface area contributed by atoms with Crippen molar-refractivity contribution in [2.75, 3.05) is 0 Å². The number of hydrogen-bond donors (Lipinski definition) is 1. The lowest BCUT2D eigenvalue weighted by Crippen LogP contribution is -2.18. The Labute approximate surface area is 88.6 Å². The zero-order chi connectivity index (χ0) is 10.1. The van der Waals surface area contributed by atoms with Crippen molar-refractivity contribution in [3.63, 3.8) is 0 Å². The van der Waals surface area contributed by atoms with Crippen LogP contribution in [0.5, 0.6) is 0 Å². The number of fused-ring (bicyclic) bond motifs is 1. The molecule has 2 aromatic rings. The van der Waals surface area contributed by atoms with Gasteiger partial charge in [0.25, 0.3) is 0 Å². The van der Waals surface area contributed by atoms with E-state index >= 15 is 0 Å². The van der Waals surface area contributed by atoms with Gasteiger partial charge in [0.05, 0.1) is 0 Å². The van der Waals surface area contributed by atoms with Gasteiger partial charge in [-0.1, -0.05) is 0 Å². The third-order valence-electron chi connectivity index (χ3n) is 2.45. The van der Waals surface area contributed by atoms with Crippen LogP contribution >= 0.6 is 11.3 Å². The molecule has 2 N–H and O–H groups in total. The van der Waals surface area contributed by atoms with Crippen LogP contribution in [-0.4, -0.2) is 6.04 Å². The summed E-state index contributed by atoms with van der Waals surface area (Å²) in [6.45, 7) is 4.22. The zero-order valence-electron chi connectivity index (χ0n) is 8.58. The maximum atomic E-state index is 5.82. The molecule has 74 valence electrons. The average molecular weight is 205 g/mol. The third kappa shape index (κ3) is 1.81. The number of thiophene rings is 1. The second kappa shape index (κ2) is 3.71. The molecule has 14 heavy (non-hydrogen) atoms. The van der Waals surface area contributed by atoms with Gasteiger partial charge in [0.1, 0.15) is 0 Å². The number of hydrogen-bond acceptors (Lipinski definition) is 2. The molecule has 0 aliphatic carbocycles. The second-order valence-electron chi connectivity index (χ2n) is 3.92. The monoisotopic (exact) mass is 205 g/mol. The molecule has 0 aliphatic rings. The van der Waals surface area contributed by atoms with Crippen LogP contribution in [0.2, 0.25) is 0 Å². The number of aryl methyl sites for hydroxylation is 1. The third-order valence-corrected chi connectivity index (χ3v) is 3.33. The van der Waals surface area contributed by atoms with E-state index in [1.807, 2.05) is 0 Å². The molecule has 0 amide bonds. The van der Waals surface area contributed by atoms with Crippen molar-refractivity contribution in [2.24, 2.45) is 5.73 Å². The van der Waals surface area contributed by atoms with Crippen LogP contribution in [-0.2, 0) is 6.42 Å². The van der Waals surface area contributed by atoms with Gasteiger partial charge in [-0.05, 0) is 60.4 Å². The minimum absolute atomic E-state index is 0.241. The highest BCUT2D eigenvalue weighted by Crippen LogP contribution is 2.25. The van der Waals surface area contributed by atoms with Gasteiger partial charge in [-0.3, -0.25) is 0 Å². The van der Waals surface area contributed by atoms with Crippen LogP contribution < -0.4 is 5.73 Å². The lowest BCUT2D eigenvalue weighted by Gasteiger charge is -2.08. The van der Waals surface area contributed by atoms with E-state index in [1.54, 1.807) is 11.3 Å². The highest BCUT2D eigenvalue weighted by atomic mass is 32.1. The van der Waals surface area contributed by atoms with Crippen molar-refractivity contribution in [1.29, 1.82) is 0 Å². The molecule has 1 atom stereocenters. The highest BCUT2D eigenvalue weighted by molar-refractivity contribution is 7.17. The summed E-state index contributed by atoms with van der Waals surface area (Å²) in [7, 11) is 0. The molecule has 1 nitrogen and oxygen atoms in total. The summed E-state index contributed by atoms with van der Waals surface area (Å²) < 4.78 is 1.37. The molecule has 1 heterocycles. The Bertz CT molecular complexity index is 443. The summed E-state index contributed by atoms with van der Waals surface area (Å²) in [5.74, 6) is 0. The molecular formula is C12H15NS. The van der Waals surface area contributed by atoms with Crippen molar-refractivity contribution in [3.05, 3.63) is 34.7 Å². The summed E-state index contributed by atoms with van der Waals surface area (Å²) in [5, 5.41) is 3.48. The Kier molecular flexibility index (Phi) is 2.57. The van der Waals surface area contributed by atoms with Gasteiger partial charge in [0, 0.05) is 10.7 Å². The summed E-state index contributed by atoms with van der Waals surface area (Å²) in [6.07, 6.45) is 0.970. The molecule has 1 unspecified atom stereocenters. The maximum Gasteiger partial charge on any atom is 0.0345 e. The molecule has 0 radical (unpaired) electrons. The van der Waals surface area contributed by atoms with E-state index in [4.69, 9.17) is 5.73 Å². The van der Waals surface area contributed by atoms with Crippen LogP contribution in [0, 0.1) is 6.92 Å². The second-order valence-corrected chi connectivity index (χ2v) is 4.87. The van der Waals surface area contributed by atoms with Crippen LogP contribution in [0.15, 0.2) is 23.6 Å². The smallest absolute Gasteiger partial charge is 0.0345 e. The fourth-order valence-electron chi connectivity index (χ4n) is 1.73. The molecule has 0 spiro atoms. The summed E-state index contributed by atoms with van der Waals surface area (Å²) in [5.41, 5.74) is 8.55. The first-order valence-electron chi connectivity index (χ1n) is 4.89. The largest absolute Gasteiger partial charge is 0.328 e. The first kappa shape index (κ1) is 9.69. The standard InChI is InChI=1S/C12H15NS/c1-8-5-12-10(3-4-14-12)7-11(8)6-9(2)13/h3-5,7,9H,6,13H2,1-2H3. The fourth-order valence-corrected chi connectivity index (χ4v) is 2.59. The Morgan fingerprint density at radius 3 is 2.93 bits per heavy atom. The Morgan fingerprint density at radius 1 is 1.43 bits per heavy atom. The minimum Gasteiger partial charge on any atom is -0.328 e. The number of benzene rings is 1. The van der Waals surface area contributed by atoms with Crippen molar-refractivity contribution < 1.29 is 0 Å². The first-order valence-corrected chi connectivity index (χ1v) is 5.77. The van der Waals surface area contributed by atoms with E-state index in [0.717, 1.165) is 6.42 Å². The fraction of sp³-hybridized carbons (Fsp3) is 0.333. The van der Waals surface area contributed by atoms with E-state index in [2.05, 4.69) is 37.4 Å². The molecule has 1 aromatic heterocycles. The van der Waals surface area contributed by atoms with Gasteiger partial charge < -0.3 is 5.73 Å². The molecule has 0 bridgehead atoms. The summed E-state index contributed by atoms with van der Waals surface area (Å²) >= 11 is 1.80. The molecular weight excluding hydrogens is 190 g/mol. The van der Waals surface area contributed by atoms with E-state index < -0.39 is 0 Å². The van der Waals surface area contributed by atoms with E-state index in [1.165, 1.54) is 21.2 Å². The Hall–Kier alpha value is -0.860. The average Bonchev–Trinajstić information content (AvgIpc) is 2.51. The van der Waals surface area contributed by atoms with Crippen molar-refractivity contribution >= 4 is 21.4 Å². The van der Waals surface area contributed by atoms with Crippen molar-refractivity contribution in [1.82, 2.24) is 0 Å². The SMILES string of the molecule is Cc1cc2sccc2cc1CC(C)N. The predicted molar refractivity (Wildman–Crippen MR) is 63.9 cm³/mol. The van der Waals surface area contributed by atoms with Crippen molar-refractivity contribution in [3.8, 4) is 0 Å². The summed E-state index contributed by atoms with van der Waals surface area (Å²) in [6, 6.07) is 6.94. The van der Waals surface area contributed by atoms with Gasteiger partial charge in [-0.2, -0.15) is 0 Å². The van der Waals surface area contributed by atoms with Gasteiger partial charge in [-0.15, -0.1) is 11.3 Å². The Balaban J connectivity index is 2.48. The molecule has 0 saturated carbocycles. The lowest BCUT2D eigenvalue weighted by molar-refractivity contribution is 0.735. The molecule has 1 aromatic carbocycles. The van der Waals surface area contributed by atoms with E-state index in [-0.39, 0.29) is 6.04 Å². The van der Waals surface area contributed by atoms with Crippen LogP contribution in [0.3, 0.4) is 0 Å². The van der Waals surface area contributed by atoms with Gasteiger partial charge in [0.2, 0.25) is 0 Å². The van der Waals surface area contributed by atoms with Crippen molar-refractivity contribution in [2.45, 2.75) is 26.3 Å². The normalized spacial score (nSPS) is 13.4. The molecule has 0 aliphatic heterocycles. The van der Waals surface area contributed by atoms with Crippen LogP contribution in [0.4, 0.5) is 0 Å². The topological polar surface area (TPSA) is 26.0 Å². The molecule has 2 heteroatoms. The van der Waals surface area contributed by atoms with Gasteiger partial charge in [-0.25, -0.2) is 0 Å². The minimum atomic E-state index is 0.241. The lowest BCUT2D eigenvalue weighted by atomic mass is 10.0. The maximum absolute atomic E-state index is 5.82. The van der Waals surface area contributed by atoms with E-state index in [0.29, 0.717) is 0 Å². The van der Waals surface area contributed by atoms with E-state index in [9.17, 15) is 0 Å². The number of rotatable bonds is 2. The highest BCUT2D eigenvalue weighted by Gasteiger charge is 2.04. The predicted octanol–water partition coefficient (Wildman–Crippen LogP) is 3.10. The van der Waals surface area contributed by atoms with Crippen LogP contribution in [0.1, 0.15) is 18.1 Å². The Morgan fingerprint density at radius 2 is 2.21 bits per heavy atom. The van der Waals surface area contributed by atoms with Crippen LogP contribution in [0.25, 0.3) is 10.1 Å². The quantitative estimate of drug-likeness (QED) is 0.801. The summed E-state index contributed by atoms with van der Waals surface area (Å²) in [4.78, 5) is 0. The molecule has 0 fully saturated rings.